The van der Waals surface area contributed by atoms with Crippen molar-refractivity contribution >= 4 is 11.6 Å². The van der Waals surface area contributed by atoms with Gasteiger partial charge in [-0.1, -0.05) is 23.7 Å². The molecule has 2 N–H and O–H groups in total. The second-order valence-corrected chi connectivity index (χ2v) is 5.15. The van der Waals surface area contributed by atoms with Crippen molar-refractivity contribution in [3.8, 4) is 0 Å². The number of aliphatic hydroxyl groups excluding tert-OH is 1. The van der Waals surface area contributed by atoms with E-state index in [2.05, 4.69) is 5.32 Å². The van der Waals surface area contributed by atoms with E-state index in [9.17, 15) is 5.11 Å². The maximum atomic E-state index is 10.3. The van der Waals surface area contributed by atoms with E-state index >= 15 is 0 Å². The molecular formula is C15H24ClNO2. The quantitative estimate of drug-likeness (QED) is 0.721. The number of aliphatic hydroxyl groups is 1. The highest BCUT2D eigenvalue weighted by molar-refractivity contribution is 6.31. The van der Waals surface area contributed by atoms with E-state index in [0.29, 0.717) is 0 Å². The van der Waals surface area contributed by atoms with Crippen LogP contribution in [0.3, 0.4) is 0 Å². The van der Waals surface area contributed by atoms with Crippen LogP contribution >= 0.6 is 11.6 Å². The summed E-state index contributed by atoms with van der Waals surface area (Å²) in [6.45, 7) is 8.26. The minimum atomic E-state index is -0.525. The number of nitrogens with one attached hydrogen (secondary N) is 1. The van der Waals surface area contributed by atoms with Gasteiger partial charge in [-0.15, -0.1) is 0 Å². The van der Waals surface area contributed by atoms with E-state index in [0.717, 1.165) is 42.3 Å². The summed E-state index contributed by atoms with van der Waals surface area (Å²) in [5.41, 5.74) is 1.88. The number of halogens is 1. The van der Waals surface area contributed by atoms with Gasteiger partial charge in [0.15, 0.2) is 0 Å². The Labute approximate surface area is 120 Å². The monoisotopic (exact) mass is 285 g/mol. The molecule has 0 amide bonds. The third kappa shape index (κ3) is 5.49. The smallest absolute Gasteiger partial charge is 0.0940 e. The van der Waals surface area contributed by atoms with Crippen LogP contribution < -0.4 is 5.32 Å². The van der Waals surface area contributed by atoms with Crippen LogP contribution in [0, 0.1) is 6.92 Å². The van der Waals surface area contributed by atoms with Gasteiger partial charge in [0.25, 0.3) is 0 Å². The topological polar surface area (TPSA) is 41.5 Å². The molecule has 108 valence electrons. The lowest BCUT2D eigenvalue weighted by Crippen LogP contribution is -2.33. The van der Waals surface area contributed by atoms with Gasteiger partial charge < -0.3 is 15.2 Å². The van der Waals surface area contributed by atoms with Crippen molar-refractivity contribution < 1.29 is 9.84 Å². The molecule has 0 fully saturated rings. The van der Waals surface area contributed by atoms with Gasteiger partial charge in [0.05, 0.1) is 6.10 Å². The SMILES string of the molecule is CCOCCCNC(C)C(O)c1ccc(Cl)c(C)c1. The van der Waals surface area contributed by atoms with Crippen LogP contribution in [-0.2, 0) is 4.74 Å². The van der Waals surface area contributed by atoms with Gasteiger partial charge in [-0.25, -0.2) is 0 Å². The molecule has 0 radical (unpaired) electrons. The van der Waals surface area contributed by atoms with Crippen LogP contribution in [0.1, 0.15) is 37.5 Å². The van der Waals surface area contributed by atoms with Gasteiger partial charge in [-0.05, 0) is 50.9 Å². The first-order valence-corrected chi connectivity index (χ1v) is 7.19. The lowest BCUT2D eigenvalue weighted by molar-refractivity contribution is 0.125. The number of rotatable bonds is 8. The minimum Gasteiger partial charge on any atom is -0.387 e. The van der Waals surface area contributed by atoms with Gasteiger partial charge >= 0.3 is 0 Å². The Morgan fingerprint density at radius 3 is 2.79 bits per heavy atom. The number of hydrogen-bond acceptors (Lipinski definition) is 3. The number of benzene rings is 1. The van der Waals surface area contributed by atoms with E-state index in [-0.39, 0.29) is 6.04 Å². The molecule has 3 nitrogen and oxygen atoms in total. The van der Waals surface area contributed by atoms with Gasteiger partial charge in [-0.3, -0.25) is 0 Å². The summed E-state index contributed by atoms with van der Waals surface area (Å²) < 4.78 is 5.27. The van der Waals surface area contributed by atoms with Crippen molar-refractivity contribution in [2.45, 2.75) is 39.3 Å². The number of hydrogen-bond donors (Lipinski definition) is 2. The normalized spacial score (nSPS) is 14.4. The first-order valence-electron chi connectivity index (χ1n) is 6.81. The van der Waals surface area contributed by atoms with E-state index in [1.54, 1.807) is 0 Å². The molecule has 1 aromatic rings. The largest absolute Gasteiger partial charge is 0.387 e. The fourth-order valence-electron chi connectivity index (χ4n) is 1.90. The molecule has 2 atom stereocenters. The molecule has 0 bridgehead atoms. The molecule has 0 spiro atoms. The molecule has 0 aliphatic heterocycles. The third-order valence-electron chi connectivity index (χ3n) is 3.13. The summed E-state index contributed by atoms with van der Waals surface area (Å²) in [4.78, 5) is 0. The lowest BCUT2D eigenvalue weighted by Gasteiger charge is -2.21. The molecule has 0 aliphatic rings. The lowest BCUT2D eigenvalue weighted by atomic mass is 10.0. The Morgan fingerprint density at radius 2 is 2.16 bits per heavy atom. The van der Waals surface area contributed by atoms with Crippen LogP contribution in [0.5, 0.6) is 0 Å². The van der Waals surface area contributed by atoms with Gasteiger partial charge in [0.1, 0.15) is 0 Å². The van der Waals surface area contributed by atoms with Crippen LogP contribution in [0.4, 0.5) is 0 Å². The van der Waals surface area contributed by atoms with Crippen LogP contribution in [-0.4, -0.2) is 30.9 Å². The number of ether oxygens (including phenoxy) is 1. The van der Waals surface area contributed by atoms with Crippen LogP contribution in [0.2, 0.25) is 5.02 Å². The Morgan fingerprint density at radius 1 is 1.42 bits per heavy atom. The fourth-order valence-corrected chi connectivity index (χ4v) is 2.02. The van der Waals surface area contributed by atoms with Crippen LogP contribution in [0.25, 0.3) is 0 Å². The van der Waals surface area contributed by atoms with E-state index in [1.807, 2.05) is 39.0 Å². The van der Waals surface area contributed by atoms with Crippen molar-refractivity contribution in [1.82, 2.24) is 5.32 Å². The first-order chi connectivity index (χ1) is 9.06. The molecule has 0 aliphatic carbocycles. The average molecular weight is 286 g/mol. The minimum absolute atomic E-state index is 0.00204. The van der Waals surface area contributed by atoms with Gasteiger partial charge in [0.2, 0.25) is 0 Å². The van der Waals surface area contributed by atoms with Gasteiger partial charge in [0, 0.05) is 24.3 Å². The molecule has 19 heavy (non-hydrogen) atoms. The van der Waals surface area contributed by atoms with Crippen molar-refractivity contribution in [2.24, 2.45) is 0 Å². The Kier molecular flexibility index (Phi) is 7.39. The summed E-state index contributed by atoms with van der Waals surface area (Å²) in [5.74, 6) is 0. The molecule has 0 saturated heterocycles. The molecule has 0 saturated carbocycles. The van der Waals surface area contributed by atoms with Crippen molar-refractivity contribution in [2.75, 3.05) is 19.8 Å². The maximum absolute atomic E-state index is 10.3. The van der Waals surface area contributed by atoms with E-state index in [4.69, 9.17) is 16.3 Å². The Hall–Kier alpha value is -0.610. The zero-order valence-corrected chi connectivity index (χ0v) is 12.7. The zero-order chi connectivity index (χ0) is 14.3. The third-order valence-corrected chi connectivity index (χ3v) is 3.56. The van der Waals surface area contributed by atoms with Crippen LogP contribution in [0.15, 0.2) is 18.2 Å². The average Bonchev–Trinajstić information content (AvgIpc) is 2.40. The highest BCUT2D eigenvalue weighted by Crippen LogP contribution is 2.22. The molecule has 0 aromatic heterocycles. The second-order valence-electron chi connectivity index (χ2n) is 4.75. The molecule has 2 unspecified atom stereocenters. The summed E-state index contributed by atoms with van der Waals surface area (Å²) in [5, 5.41) is 14.3. The molecule has 4 heteroatoms. The van der Waals surface area contributed by atoms with E-state index < -0.39 is 6.10 Å². The predicted octanol–water partition coefficient (Wildman–Crippen LogP) is 3.09. The maximum Gasteiger partial charge on any atom is 0.0940 e. The molecule has 1 rings (SSSR count). The summed E-state index contributed by atoms with van der Waals surface area (Å²) in [6.07, 6.45) is 0.424. The number of aryl methyl sites for hydroxylation is 1. The molecule has 0 heterocycles. The second kappa shape index (κ2) is 8.54. The highest BCUT2D eigenvalue weighted by Gasteiger charge is 2.16. The first kappa shape index (κ1) is 16.4. The standard InChI is InChI=1S/C15H24ClNO2/c1-4-19-9-5-8-17-12(3)15(18)13-6-7-14(16)11(2)10-13/h6-7,10,12,15,17-18H,4-5,8-9H2,1-3H3. The predicted molar refractivity (Wildman–Crippen MR) is 79.7 cm³/mol. The molecular weight excluding hydrogens is 262 g/mol. The Balaban J connectivity index is 2.42. The van der Waals surface area contributed by atoms with Crippen molar-refractivity contribution in [1.29, 1.82) is 0 Å². The fraction of sp³-hybridized carbons (Fsp3) is 0.600. The Bertz CT molecular complexity index is 384. The van der Waals surface area contributed by atoms with Gasteiger partial charge in [-0.2, -0.15) is 0 Å². The van der Waals surface area contributed by atoms with Crippen molar-refractivity contribution in [3.63, 3.8) is 0 Å². The summed E-state index contributed by atoms with van der Waals surface area (Å²) in [6, 6.07) is 5.64. The highest BCUT2D eigenvalue weighted by atomic mass is 35.5. The summed E-state index contributed by atoms with van der Waals surface area (Å²) >= 11 is 5.99. The molecule has 1 aromatic carbocycles. The summed E-state index contributed by atoms with van der Waals surface area (Å²) in [7, 11) is 0. The van der Waals surface area contributed by atoms with Crippen molar-refractivity contribution in [3.05, 3.63) is 34.3 Å². The van der Waals surface area contributed by atoms with E-state index in [1.165, 1.54) is 0 Å². The zero-order valence-electron chi connectivity index (χ0n) is 11.9.